The Hall–Kier alpha value is -1.55. The van der Waals surface area contributed by atoms with Crippen LogP contribution in [-0.2, 0) is 11.3 Å². The van der Waals surface area contributed by atoms with Crippen molar-refractivity contribution in [1.82, 2.24) is 5.48 Å². The number of rotatable bonds is 2. The van der Waals surface area contributed by atoms with E-state index in [0.717, 1.165) is 30.6 Å². The lowest BCUT2D eigenvalue weighted by Crippen LogP contribution is -2.34. The molecule has 2 rings (SSSR count). The fourth-order valence-corrected chi connectivity index (χ4v) is 1.98. The van der Waals surface area contributed by atoms with Crippen LogP contribution < -0.4 is 10.8 Å². The summed E-state index contributed by atoms with van der Waals surface area (Å²) in [7, 11) is 0. The second-order valence-corrected chi connectivity index (χ2v) is 5.51. The van der Waals surface area contributed by atoms with Crippen LogP contribution in [0.5, 0.6) is 0 Å². The van der Waals surface area contributed by atoms with Crippen molar-refractivity contribution in [2.75, 3.05) is 11.9 Å². The Morgan fingerprint density at radius 2 is 2.17 bits per heavy atom. The van der Waals surface area contributed by atoms with Gasteiger partial charge in [0.05, 0.1) is 5.60 Å². The minimum absolute atomic E-state index is 0.175. The second kappa shape index (κ2) is 4.98. The number of carbonyl (C=O) groups is 1. The van der Waals surface area contributed by atoms with E-state index in [1.165, 1.54) is 0 Å². The first-order valence-electron chi connectivity index (χ1n) is 6.31. The first-order chi connectivity index (χ1) is 8.47. The zero-order valence-corrected chi connectivity index (χ0v) is 11.2. The van der Waals surface area contributed by atoms with Gasteiger partial charge in [-0.15, -0.1) is 0 Å². The molecule has 0 fully saturated rings. The summed E-state index contributed by atoms with van der Waals surface area (Å²) in [5.41, 5.74) is 4.98. The summed E-state index contributed by atoms with van der Waals surface area (Å²) >= 11 is 0. The predicted molar refractivity (Wildman–Crippen MR) is 71.6 cm³/mol. The Kier molecular flexibility index (Phi) is 3.57. The van der Waals surface area contributed by atoms with Crippen LogP contribution in [0.4, 0.5) is 5.69 Å². The van der Waals surface area contributed by atoms with E-state index < -0.39 is 0 Å². The van der Waals surface area contributed by atoms with Crippen molar-refractivity contribution in [3.63, 3.8) is 0 Å². The third kappa shape index (κ3) is 3.01. The molecule has 0 radical (unpaired) electrons. The van der Waals surface area contributed by atoms with E-state index in [1.54, 1.807) is 0 Å². The Bertz CT molecular complexity index is 450. The lowest BCUT2D eigenvalue weighted by Gasteiger charge is -2.22. The molecule has 98 valence electrons. The number of hydrogen-bond acceptors (Lipinski definition) is 3. The molecule has 1 aromatic carbocycles. The minimum atomic E-state index is -0.386. The van der Waals surface area contributed by atoms with Crippen molar-refractivity contribution >= 4 is 11.6 Å². The number of fused-ring (bicyclic) bond motifs is 1. The molecular formula is C14H20N2O2. The molecule has 0 unspecified atom stereocenters. The van der Waals surface area contributed by atoms with E-state index in [4.69, 9.17) is 4.84 Å². The lowest BCUT2D eigenvalue weighted by atomic mass is 9.97. The van der Waals surface area contributed by atoms with Gasteiger partial charge >= 0.3 is 0 Å². The molecule has 0 atom stereocenters. The van der Waals surface area contributed by atoms with Crippen LogP contribution in [0.25, 0.3) is 0 Å². The van der Waals surface area contributed by atoms with Gasteiger partial charge in [-0.25, -0.2) is 5.48 Å². The van der Waals surface area contributed by atoms with E-state index in [0.29, 0.717) is 5.56 Å². The van der Waals surface area contributed by atoms with Crippen molar-refractivity contribution in [3.05, 3.63) is 29.3 Å². The van der Waals surface area contributed by atoms with Gasteiger partial charge in [-0.2, -0.15) is 0 Å². The Labute approximate surface area is 108 Å². The highest BCUT2D eigenvalue weighted by molar-refractivity contribution is 5.96. The topological polar surface area (TPSA) is 50.4 Å². The Morgan fingerprint density at radius 1 is 1.39 bits per heavy atom. The summed E-state index contributed by atoms with van der Waals surface area (Å²) in [6.07, 6.45) is 1.98. The van der Waals surface area contributed by atoms with Crippen LogP contribution in [0.2, 0.25) is 0 Å². The number of anilines is 1. The molecule has 0 aromatic heterocycles. The van der Waals surface area contributed by atoms with Gasteiger partial charge in [-0.05, 0) is 51.3 Å². The molecular weight excluding hydrogens is 228 g/mol. The first kappa shape index (κ1) is 12.9. The van der Waals surface area contributed by atoms with Crippen molar-refractivity contribution in [2.45, 2.75) is 39.2 Å². The molecule has 4 heteroatoms. The summed E-state index contributed by atoms with van der Waals surface area (Å²) in [5, 5.41) is 3.31. The van der Waals surface area contributed by atoms with Crippen LogP contribution in [0.15, 0.2) is 18.2 Å². The smallest absolute Gasteiger partial charge is 0.275 e. The number of hydrogen-bond donors (Lipinski definition) is 2. The molecule has 0 saturated carbocycles. The number of benzene rings is 1. The highest BCUT2D eigenvalue weighted by atomic mass is 16.7. The highest BCUT2D eigenvalue weighted by Crippen LogP contribution is 2.25. The second-order valence-electron chi connectivity index (χ2n) is 5.51. The summed E-state index contributed by atoms with van der Waals surface area (Å²) in [6, 6.07) is 5.74. The van der Waals surface area contributed by atoms with E-state index in [1.807, 2.05) is 39.0 Å². The average molecular weight is 248 g/mol. The maximum atomic E-state index is 12.1. The number of carbonyl (C=O) groups excluding carboxylic acids is 1. The molecule has 1 heterocycles. The molecule has 0 saturated heterocycles. The third-order valence-electron chi connectivity index (χ3n) is 2.79. The van der Waals surface area contributed by atoms with Gasteiger partial charge in [0.25, 0.3) is 5.91 Å². The predicted octanol–water partition coefficient (Wildman–Crippen LogP) is 2.50. The lowest BCUT2D eigenvalue weighted by molar-refractivity contribution is -0.0590. The number of nitrogens with one attached hydrogen (secondary N) is 2. The highest BCUT2D eigenvalue weighted by Gasteiger charge is 2.19. The summed E-state index contributed by atoms with van der Waals surface area (Å²) < 4.78 is 0. The zero-order chi connectivity index (χ0) is 13.2. The van der Waals surface area contributed by atoms with Gasteiger partial charge in [0.15, 0.2) is 0 Å². The molecule has 0 spiro atoms. The average Bonchev–Trinajstić information content (AvgIpc) is 2.34. The molecule has 2 N–H and O–H groups in total. The van der Waals surface area contributed by atoms with E-state index in [-0.39, 0.29) is 11.5 Å². The zero-order valence-electron chi connectivity index (χ0n) is 11.2. The minimum Gasteiger partial charge on any atom is -0.385 e. The number of hydroxylamine groups is 1. The van der Waals surface area contributed by atoms with Crippen molar-refractivity contribution in [2.24, 2.45) is 0 Å². The molecule has 1 aliphatic rings. The molecule has 1 aliphatic heterocycles. The fourth-order valence-electron chi connectivity index (χ4n) is 1.98. The number of amides is 1. The fraction of sp³-hybridized carbons (Fsp3) is 0.500. The van der Waals surface area contributed by atoms with Crippen LogP contribution in [-0.4, -0.2) is 18.1 Å². The van der Waals surface area contributed by atoms with Crippen LogP contribution in [0.1, 0.15) is 43.1 Å². The molecule has 1 aromatic rings. The summed E-state index contributed by atoms with van der Waals surface area (Å²) in [5.74, 6) is -0.175. The Morgan fingerprint density at radius 3 is 2.89 bits per heavy atom. The normalized spacial score (nSPS) is 14.6. The standard InChI is InChI=1S/C14H20N2O2/c1-14(2,3)18-16-13(17)11-6-4-8-12-10(11)7-5-9-15-12/h4,6,8,15H,5,7,9H2,1-3H3,(H,16,17). The van der Waals surface area contributed by atoms with Crippen molar-refractivity contribution in [1.29, 1.82) is 0 Å². The monoisotopic (exact) mass is 248 g/mol. The van der Waals surface area contributed by atoms with Gasteiger partial charge in [-0.1, -0.05) is 6.07 Å². The van der Waals surface area contributed by atoms with E-state index in [2.05, 4.69) is 10.8 Å². The van der Waals surface area contributed by atoms with Gasteiger partial charge < -0.3 is 5.32 Å². The quantitative estimate of drug-likeness (QED) is 0.791. The van der Waals surface area contributed by atoms with Crippen LogP contribution >= 0.6 is 0 Å². The van der Waals surface area contributed by atoms with Crippen molar-refractivity contribution < 1.29 is 9.63 Å². The van der Waals surface area contributed by atoms with Crippen LogP contribution in [0, 0.1) is 0 Å². The van der Waals surface area contributed by atoms with E-state index in [9.17, 15) is 4.79 Å². The van der Waals surface area contributed by atoms with Gasteiger partial charge in [-0.3, -0.25) is 9.63 Å². The molecule has 1 amide bonds. The maximum Gasteiger partial charge on any atom is 0.275 e. The SMILES string of the molecule is CC(C)(C)ONC(=O)c1cccc2c1CCCN2. The molecule has 4 nitrogen and oxygen atoms in total. The van der Waals surface area contributed by atoms with Gasteiger partial charge in [0, 0.05) is 17.8 Å². The van der Waals surface area contributed by atoms with Gasteiger partial charge in [0.2, 0.25) is 0 Å². The molecule has 18 heavy (non-hydrogen) atoms. The summed E-state index contributed by atoms with van der Waals surface area (Å²) in [6.45, 7) is 6.66. The molecule has 0 aliphatic carbocycles. The maximum absolute atomic E-state index is 12.1. The largest absolute Gasteiger partial charge is 0.385 e. The van der Waals surface area contributed by atoms with Gasteiger partial charge in [0.1, 0.15) is 0 Å². The van der Waals surface area contributed by atoms with E-state index >= 15 is 0 Å². The van der Waals surface area contributed by atoms with Crippen molar-refractivity contribution in [3.8, 4) is 0 Å². The molecule has 0 bridgehead atoms. The first-order valence-corrected chi connectivity index (χ1v) is 6.31. The van der Waals surface area contributed by atoms with Crippen LogP contribution in [0.3, 0.4) is 0 Å². The Balaban J connectivity index is 2.15. The third-order valence-corrected chi connectivity index (χ3v) is 2.79. The summed E-state index contributed by atoms with van der Waals surface area (Å²) in [4.78, 5) is 17.4.